The van der Waals surface area contributed by atoms with E-state index in [1.807, 2.05) is 76.2 Å². The molecular formula is C28H25N5O2. The largest absolute Gasteiger partial charge is 0.497 e. The van der Waals surface area contributed by atoms with Crippen molar-refractivity contribution in [2.75, 3.05) is 38.2 Å². The van der Waals surface area contributed by atoms with E-state index < -0.39 is 0 Å². The Balaban J connectivity index is 1.42. The van der Waals surface area contributed by atoms with Gasteiger partial charge in [-0.1, -0.05) is 24.3 Å². The Hall–Kier alpha value is -4.39. The first-order valence-corrected chi connectivity index (χ1v) is 11.7. The quantitative estimate of drug-likeness (QED) is 0.392. The third-order valence-electron chi connectivity index (χ3n) is 6.69. The monoisotopic (exact) mass is 463 g/mol. The second kappa shape index (κ2) is 8.76. The van der Waals surface area contributed by atoms with E-state index in [1.54, 1.807) is 13.4 Å². The molecule has 7 nitrogen and oxygen atoms in total. The van der Waals surface area contributed by atoms with E-state index in [1.165, 1.54) is 5.69 Å². The summed E-state index contributed by atoms with van der Waals surface area (Å²) in [4.78, 5) is 27.5. The predicted octanol–water partition coefficient (Wildman–Crippen LogP) is 4.52. The number of hydrogen-bond donors (Lipinski definition) is 0. The summed E-state index contributed by atoms with van der Waals surface area (Å²) in [5.74, 6) is 0.787. The lowest BCUT2D eigenvalue weighted by Crippen LogP contribution is -2.48. The molecule has 1 amide bonds. The number of carbonyl (C=O) groups excluding carboxylic acids is 1. The van der Waals surface area contributed by atoms with Crippen molar-refractivity contribution in [3.05, 3.63) is 90.9 Å². The van der Waals surface area contributed by atoms with Gasteiger partial charge in [0, 0.05) is 43.6 Å². The Morgan fingerprint density at radius 3 is 2.34 bits per heavy atom. The molecule has 0 radical (unpaired) electrons. The molecule has 35 heavy (non-hydrogen) atoms. The molecule has 3 aromatic heterocycles. The Morgan fingerprint density at radius 1 is 0.857 bits per heavy atom. The summed E-state index contributed by atoms with van der Waals surface area (Å²) in [5.41, 5.74) is 5.07. The average molecular weight is 464 g/mol. The van der Waals surface area contributed by atoms with Crippen LogP contribution in [0.1, 0.15) is 10.4 Å². The summed E-state index contributed by atoms with van der Waals surface area (Å²) in [7, 11) is 1.65. The zero-order chi connectivity index (χ0) is 23.8. The molecule has 0 N–H and O–H groups in total. The Labute approximate surface area is 203 Å². The Kier molecular flexibility index (Phi) is 5.29. The van der Waals surface area contributed by atoms with Crippen LogP contribution >= 0.6 is 0 Å². The number of hydrogen-bond acceptors (Lipinski definition) is 5. The van der Waals surface area contributed by atoms with Crippen molar-refractivity contribution in [2.24, 2.45) is 0 Å². The van der Waals surface area contributed by atoms with Gasteiger partial charge >= 0.3 is 0 Å². The summed E-state index contributed by atoms with van der Waals surface area (Å²) >= 11 is 0. The molecule has 5 aromatic rings. The van der Waals surface area contributed by atoms with E-state index >= 15 is 0 Å². The second-order valence-electron chi connectivity index (χ2n) is 8.60. The Morgan fingerprint density at radius 2 is 1.60 bits per heavy atom. The van der Waals surface area contributed by atoms with Crippen LogP contribution in [0.25, 0.3) is 27.8 Å². The molecule has 0 atom stereocenters. The highest BCUT2D eigenvalue weighted by Gasteiger charge is 2.28. The number of para-hydroxylation sites is 1. The van der Waals surface area contributed by atoms with Gasteiger partial charge in [-0.05, 0) is 48.5 Å². The fourth-order valence-corrected chi connectivity index (χ4v) is 4.90. The van der Waals surface area contributed by atoms with Crippen LogP contribution in [0.3, 0.4) is 0 Å². The summed E-state index contributed by atoms with van der Waals surface area (Å²) in [5, 5.41) is 0.777. The maximum atomic E-state index is 14.0. The van der Waals surface area contributed by atoms with Crippen LogP contribution in [0.5, 0.6) is 5.75 Å². The molecule has 0 saturated carbocycles. The van der Waals surface area contributed by atoms with Gasteiger partial charge < -0.3 is 18.9 Å². The van der Waals surface area contributed by atoms with Crippen molar-refractivity contribution in [1.29, 1.82) is 0 Å². The van der Waals surface area contributed by atoms with E-state index in [4.69, 9.17) is 4.74 Å². The molecule has 0 spiro atoms. The zero-order valence-electron chi connectivity index (χ0n) is 19.5. The molecule has 0 unspecified atom stereocenters. The highest BCUT2D eigenvalue weighted by atomic mass is 16.5. The second-order valence-corrected chi connectivity index (χ2v) is 8.60. The van der Waals surface area contributed by atoms with Gasteiger partial charge in [0.1, 0.15) is 17.7 Å². The number of piperazine rings is 1. The van der Waals surface area contributed by atoms with E-state index in [-0.39, 0.29) is 5.91 Å². The first-order valence-electron chi connectivity index (χ1n) is 11.7. The highest BCUT2D eigenvalue weighted by Crippen LogP contribution is 2.34. The molecule has 174 valence electrons. The zero-order valence-corrected chi connectivity index (χ0v) is 19.5. The fraction of sp³-hybridized carbons (Fsp3) is 0.179. The topological polar surface area (TPSA) is 63.0 Å². The van der Waals surface area contributed by atoms with Gasteiger partial charge in [-0.2, -0.15) is 0 Å². The van der Waals surface area contributed by atoms with Gasteiger partial charge in [0.25, 0.3) is 5.91 Å². The van der Waals surface area contributed by atoms with Crippen LogP contribution in [-0.2, 0) is 0 Å². The number of pyridine rings is 1. The SMILES string of the molecule is COc1ccc(-c2ncnc3c2c(C(=O)N2CCN(c4ccccc4)CC2)c2ccccn23)cc1. The minimum absolute atomic E-state index is 0.0148. The number of amides is 1. The third-order valence-corrected chi connectivity index (χ3v) is 6.69. The molecular weight excluding hydrogens is 438 g/mol. The third kappa shape index (κ3) is 3.65. The van der Waals surface area contributed by atoms with Crippen molar-refractivity contribution in [3.63, 3.8) is 0 Å². The van der Waals surface area contributed by atoms with Gasteiger partial charge in [0.15, 0.2) is 0 Å². The number of benzene rings is 2. The number of nitrogens with zero attached hydrogens (tertiary/aromatic N) is 5. The molecule has 1 saturated heterocycles. The molecule has 1 fully saturated rings. The van der Waals surface area contributed by atoms with Crippen molar-refractivity contribution in [2.45, 2.75) is 0 Å². The number of fused-ring (bicyclic) bond motifs is 3. The average Bonchev–Trinajstić information content (AvgIpc) is 3.28. The smallest absolute Gasteiger partial charge is 0.256 e. The molecule has 1 aliphatic rings. The standard InChI is InChI=1S/C28H25N5O2/c1-35-22-12-10-20(11-13-22)26-25-24(23-9-5-6-14-33(23)27(25)30-19-29-26)28(34)32-17-15-31(16-18-32)21-7-3-2-4-8-21/h2-14,19H,15-18H2,1H3. The van der Waals surface area contributed by atoms with Crippen LogP contribution in [0, 0.1) is 0 Å². The molecule has 0 bridgehead atoms. The number of aromatic nitrogens is 3. The fourth-order valence-electron chi connectivity index (χ4n) is 4.90. The summed E-state index contributed by atoms with van der Waals surface area (Å²) in [6.07, 6.45) is 3.51. The molecule has 0 aliphatic carbocycles. The van der Waals surface area contributed by atoms with Crippen molar-refractivity contribution in [1.82, 2.24) is 19.3 Å². The number of carbonyl (C=O) groups is 1. The van der Waals surface area contributed by atoms with Crippen LogP contribution < -0.4 is 9.64 Å². The summed E-state index contributed by atoms with van der Waals surface area (Å²) in [6, 6.07) is 24.0. The van der Waals surface area contributed by atoms with Crippen LogP contribution in [0.4, 0.5) is 5.69 Å². The van der Waals surface area contributed by atoms with E-state index in [9.17, 15) is 4.79 Å². The molecule has 1 aliphatic heterocycles. The van der Waals surface area contributed by atoms with Crippen molar-refractivity contribution >= 4 is 28.1 Å². The molecule has 7 heteroatoms. The number of methoxy groups -OCH3 is 1. The van der Waals surface area contributed by atoms with Gasteiger partial charge in [0.2, 0.25) is 0 Å². The maximum Gasteiger partial charge on any atom is 0.256 e. The van der Waals surface area contributed by atoms with Crippen LogP contribution in [0.2, 0.25) is 0 Å². The molecule has 4 heterocycles. The highest BCUT2D eigenvalue weighted by molar-refractivity contribution is 6.16. The number of anilines is 1. The van der Waals surface area contributed by atoms with Gasteiger partial charge in [-0.15, -0.1) is 0 Å². The first-order chi connectivity index (χ1) is 17.2. The van der Waals surface area contributed by atoms with E-state index in [0.29, 0.717) is 18.7 Å². The number of ether oxygens (including phenoxy) is 1. The normalized spacial score (nSPS) is 14.0. The van der Waals surface area contributed by atoms with Crippen LogP contribution in [0.15, 0.2) is 85.3 Å². The summed E-state index contributed by atoms with van der Waals surface area (Å²) in [6.45, 7) is 2.90. The minimum Gasteiger partial charge on any atom is -0.497 e. The minimum atomic E-state index is 0.0148. The van der Waals surface area contributed by atoms with Crippen LogP contribution in [-0.4, -0.2) is 58.5 Å². The summed E-state index contributed by atoms with van der Waals surface area (Å²) < 4.78 is 7.30. The predicted molar refractivity (Wildman–Crippen MR) is 137 cm³/mol. The van der Waals surface area contributed by atoms with Gasteiger partial charge in [-0.25, -0.2) is 9.97 Å². The van der Waals surface area contributed by atoms with Crippen molar-refractivity contribution < 1.29 is 9.53 Å². The van der Waals surface area contributed by atoms with Gasteiger partial charge in [0.05, 0.1) is 29.3 Å². The maximum absolute atomic E-state index is 14.0. The Bertz CT molecular complexity index is 1500. The first kappa shape index (κ1) is 21.2. The van der Waals surface area contributed by atoms with Gasteiger partial charge in [-0.3, -0.25) is 4.79 Å². The van der Waals surface area contributed by atoms with E-state index in [2.05, 4.69) is 27.0 Å². The molecule has 6 rings (SSSR count). The lowest BCUT2D eigenvalue weighted by atomic mass is 10.0. The van der Waals surface area contributed by atoms with Crippen molar-refractivity contribution in [3.8, 4) is 17.0 Å². The lowest BCUT2D eigenvalue weighted by Gasteiger charge is -2.36. The molecule has 2 aromatic carbocycles. The number of rotatable bonds is 4. The lowest BCUT2D eigenvalue weighted by molar-refractivity contribution is 0.0750. The van der Waals surface area contributed by atoms with E-state index in [0.717, 1.165) is 46.6 Å².